The number of hydrogen-bond acceptors (Lipinski definition) is 6. The van der Waals surface area contributed by atoms with E-state index >= 15 is 0 Å². The van der Waals surface area contributed by atoms with Crippen molar-refractivity contribution in [2.45, 2.75) is 12.8 Å². The van der Waals surface area contributed by atoms with Gasteiger partial charge >= 0.3 is 0 Å². The number of amides is 1. The van der Waals surface area contributed by atoms with Gasteiger partial charge in [0.2, 0.25) is 0 Å². The number of rotatable bonds is 10. The van der Waals surface area contributed by atoms with E-state index in [0.717, 1.165) is 32.5 Å². The molecule has 0 saturated carbocycles. The topological polar surface area (TPSA) is 89.8 Å². The minimum Gasteiger partial charge on any atom is -0.411 e. The Balaban J connectivity index is 2.13. The fourth-order valence-electron chi connectivity index (χ4n) is 1.84. The first-order chi connectivity index (χ1) is 10.6. The lowest BCUT2D eigenvalue weighted by Crippen LogP contribution is -2.28. The van der Waals surface area contributed by atoms with E-state index < -0.39 is 0 Å². The zero-order valence-electron chi connectivity index (χ0n) is 13.2. The molecule has 1 amide bonds. The third-order valence-corrected chi connectivity index (χ3v) is 3.01. The normalized spacial score (nSPS) is 11.2. The molecule has 0 aliphatic heterocycles. The van der Waals surface area contributed by atoms with Gasteiger partial charge < -0.3 is 20.7 Å². The first-order valence-corrected chi connectivity index (χ1v) is 7.40. The molecule has 7 nitrogen and oxygen atoms in total. The van der Waals surface area contributed by atoms with Gasteiger partial charge in [-0.05, 0) is 58.7 Å². The second kappa shape index (κ2) is 10.7. The summed E-state index contributed by atoms with van der Waals surface area (Å²) in [6, 6.07) is 3.28. The van der Waals surface area contributed by atoms with Crippen LogP contribution in [-0.4, -0.2) is 67.5 Å². The standard InChI is InChI=1S/C15H25N5O2/c1-20(2)10-4-8-16-7-3-9-17-15(21)13-5-6-14(12-19-22)18-11-13/h5-6,11-12,16,22H,3-4,7-10H2,1-2H3,(H,17,21)/b19-12+. The molecule has 0 atom stereocenters. The lowest BCUT2D eigenvalue weighted by molar-refractivity contribution is 0.0953. The van der Waals surface area contributed by atoms with Crippen molar-refractivity contribution in [2.75, 3.05) is 40.3 Å². The van der Waals surface area contributed by atoms with Gasteiger partial charge in [0, 0.05) is 12.7 Å². The van der Waals surface area contributed by atoms with Crippen LogP contribution in [0.25, 0.3) is 0 Å². The van der Waals surface area contributed by atoms with Crippen LogP contribution < -0.4 is 10.6 Å². The van der Waals surface area contributed by atoms with E-state index in [2.05, 4.69) is 39.8 Å². The number of oxime groups is 1. The lowest BCUT2D eigenvalue weighted by Gasteiger charge is -2.10. The predicted molar refractivity (Wildman–Crippen MR) is 86.6 cm³/mol. The number of pyridine rings is 1. The first-order valence-electron chi connectivity index (χ1n) is 7.40. The van der Waals surface area contributed by atoms with E-state index in [1.165, 1.54) is 12.4 Å². The maximum Gasteiger partial charge on any atom is 0.252 e. The number of carbonyl (C=O) groups excluding carboxylic acids is 1. The summed E-state index contributed by atoms with van der Waals surface area (Å²) in [5.74, 6) is -0.146. The molecule has 122 valence electrons. The summed E-state index contributed by atoms with van der Waals surface area (Å²) in [6.45, 7) is 3.58. The highest BCUT2D eigenvalue weighted by Gasteiger charge is 2.04. The number of nitrogens with one attached hydrogen (secondary N) is 2. The van der Waals surface area contributed by atoms with Crippen molar-refractivity contribution >= 4 is 12.1 Å². The van der Waals surface area contributed by atoms with Gasteiger partial charge in [0.25, 0.3) is 5.91 Å². The third kappa shape index (κ3) is 7.70. The van der Waals surface area contributed by atoms with Crippen molar-refractivity contribution in [3.63, 3.8) is 0 Å². The van der Waals surface area contributed by atoms with Crippen LogP contribution in [0.3, 0.4) is 0 Å². The largest absolute Gasteiger partial charge is 0.411 e. The zero-order chi connectivity index (χ0) is 16.2. The van der Waals surface area contributed by atoms with E-state index in [1.807, 2.05) is 0 Å². The molecule has 1 aromatic heterocycles. The molecule has 0 spiro atoms. The summed E-state index contributed by atoms with van der Waals surface area (Å²) in [6.07, 6.45) is 4.68. The van der Waals surface area contributed by atoms with E-state index in [1.54, 1.807) is 12.1 Å². The monoisotopic (exact) mass is 307 g/mol. The number of hydrogen-bond donors (Lipinski definition) is 3. The quantitative estimate of drug-likeness (QED) is 0.254. The summed E-state index contributed by atoms with van der Waals surface area (Å²) in [4.78, 5) is 18.0. The Kier molecular flexibility index (Phi) is 8.78. The van der Waals surface area contributed by atoms with Crippen molar-refractivity contribution in [1.29, 1.82) is 0 Å². The number of carbonyl (C=O) groups is 1. The highest BCUT2D eigenvalue weighted by Crippen LogP contribution is 1.98. The molecule has 3 N–H and O–H groups in total. The average Bonchev–Trinajstić information content (AvgIpc) is 2.50. The second-order valence-corrected chi connectivity index (χ2v) is 5.23. The minimum absolute atomic E-state index is 0.146. The van der Waals surface area contributed by atoms with Crippen LogP contribution in [0.2, 0.25) is 0 Å². The lowest BCUT2D eigenvalue weighted by atomic mass is 10.2. The Hall–Kier alpha value is -1.99. The Morgan fingerprint density at radius 2 is 2.09 bits per heavy atom. The molecular formula is C15H25N5O2. The van der Waals surface area contributed by atoms with Gasteiger partial charge in [-0.25, -0.2) is 0 Å². The molecule has 0 saturated heterocycles. The van der Waals surface area contributed by atoms with Crippen LogP contribution in [0.1, 0.15) is 28.9 Å². The summed E-state index contributed by atoms with van der Waals surface area (Å²) >= 11 is 0. The van der Waals surface area contributed by atoms with E-state index in [9.17, 15) is 4.79 Å². The molecule has 0 radical (unpaired) electrons. The summed E-state index contributed by atoms with van der Waals surface area (Å²) in [7, 11) is 4.13. The zero-order valence-corrected chi connectivity index (χ0v) is 13.2. The summed E-state index contributed by atoms with van der Waals surface area (Å²) in [5.41, 5.74) is 0.995. The molecule has 0 aliphatic carbocycles. The van der Waals surface area contributed by atoms with Crippen molar-refractivity contribution in [1.82, 2.24) is 20.5 Å². The van der Waals surface area contributed by atoms with Crippen molar-refractivity contribution in [3.8, 4) is 0 Å². The Bertz CT molecular complexity index is 460. The molecule has 0 fully saturated rings. The third-order valence-electron chi connectivity index (χ3n) is 3.01. The molecule has 22 heavy (non-hydrogen) atoms. The fraction of sp³-hybridized carbons (Fsp3) is 0.533. The van der Waals surface area contributed by atoms with Gasteiger partial charge in [-0.3, -0.25) is 9.78 Å². The molecule has 0 aliphatic rings. The Labute approximate surface area is 131 Å². The smallest absolute Gasteiger partial charge is 0.252 e. The van der Waals surface area contributed by atoms with Gasteiger partial charge in [-0.1, -0.05) is 5.16 Å². The molecule has 7 heteroatoms. The molecule has 1 heterocycles. The maximum atomic E-state index is 11.9. The van der Waals surface area contributed by atoms with E-state index in [0.29, 0.717) is 17.8 Å². The van der Waals surface area contributed by atoms with Crippen LogP contribution >= 0.6 is 0 Å². The van der Waals surface area contributed by atoms with E-state index in [4.69, 9.17) is 5.21 Å². The maximum absolute atomic E-state index is 11.9. The highest BCUT2D eigenvalue weighted by atomic mass is 16.4. The summed E-state index contributed by atoms with van der Waals surface area (Å²) in [5, 5.41) is 17.5. The first kappa shape index (κ1) is 18.1. The molecule has 0 bridgehead atoms. The number of nitrogens with zero attached hydrogens (tertiary/aromatic N) is 3. The predicted octanol–water partition coefficient (Wildman–Crippen LogP) is 0.551. The molecule has 1 rings (SSSR count). The van der Waals surface area contributed by atoms with E-state index in [-0.39, 0.29) is 5.91 Å². The second-order valence-electron chi connectivity index (χ2n) is 5.23. The molecule has 1 aromatic rings. The van der Waals surface area contributed by atoms with Gasteiger partial charge in [0.15, 0.2) is 0 Å². The van der Waals surface area contributed by atoms with Crippen molar-refractivity contribution in [3.05, 3.63) is 29.6 Å². The van der Waals surface area contributed by atoms with Gasteiger partial charge in [0.05, 0.1) is 17.5 Å². The van der Waals surface area contributed by atoms with Crippen molar-refractivity contribution < 1.29 is 10.0 Å². The van der Waals surface area contributed by atoms with Crippen LogP contribution in [0.15, 0.2) is 23.5 Å². The highest BCUT2D eigenvalue weighted by molar-refractivity contribution is 5.94. The van der Waals surface area contributed by atoms with Gasteiger partial charge in [0.1, 0.15) is 0 Å². The van der Waals surface area contributed by atoms with Crippen molar-refractivity contribution in [2.24, 2.45) is 5.16 Å². The average molecular weight is 307 g/mol. The molecule has 0 aromatic carbocycles. The SMILES string of the molecule is CN(C)CCCNCCCNC(=O)c1ccc(/C=N/O)nc1. The van der Waals surface area contributed by atoms with Gasteiger partial charge in [-0.2, -0.15) is 0 Å². The minimum atomic E-state index is -0.146. The molecular weight excluding hydrogens is 282 g/mol. The van der Waals surface area contributed by atoms with Crippen LogP contribution in [0.4, 0.5) is 0 Å². The van der Waals surface area contributed by atoms with Crippen LogP contribution in [-0.2, 0) is 0 Å². The Morgan fingerprint density at radius 3 is 2.73 bits per heavy atom. The van der Waals surface area contributed by atoms with Crippen LogP contribution in [0.5, 0.6) is 0 Å². The fourth-order valence-corrected chi connectivity index (χ4v) is 1.84. The summed E-state index contributed by atoms with van der Waals surface area (Å²) < 4.78 is 0. The van der Waals surface area contributed by atoms with Gasteiger partial charge in [-0.15, -0.1) is 0 Å². The molecule has 0 unspecified atom stereocenters. The Morgan fingerprint density at radius 1 is 1.32 bits per heavy atom. The van der Waals surface area contributed by atoms with Crippen LogP contribution in [0, 0.1) is 0 Å². The number of aromatic nitrogens is 1.